The van der Waals surface area contributed by atoms with Gasteiger partial charge in [0.25, 0.3) is 0 Å². The van der Waals surface area contributed by atoms with Crippen LogP contribution in [-0.4, -0.2) is 13.1 Å². The number of hydrogen-bond donors (Lipinski definition) is 1. The third-order valence-electron chi connectivity index (χ3n) is 4.07. The van der Waals surface area contributed by atoms with Crippen LogP contribution in [0.1, 0.15) is 85.0 Å². The van der Waals surface area contributed by atoms with E-state index in [-0.39, 0.29) is 0 Å². The Hall–Kier alpha value is -0.0400. The van der Waals surface area contributed by atoms with Gasteiger partial charge >= 0.3 is 0 Å². The van der Waals surface area contributed by atoms with E-state index < -0.39 is 0 Å². The molecular formula is C16H35N. The van der Waals surface area contributed by atoms with Crippen LogP contribution in [0.3, 0.4) is 0 Å². The first kappa shape index (κ1) is 17.0. The van der Waals surface area contributed by atoms with Crippen LogP contribution in [0.25, 0.3) is 0 Å². The molecule has 2 unspecified atom stereocenters. The van der Waals surface area contributed by atoms with Crippen LogP contribution < -0.4 is 5.32 Å². The number of nitrogens with one attached hydrogen (secondary N) is 1. The Balaban J connectivity index is 3.31. The Morgan fingerprint density at radius 3 is 1.82 bits per heavy atom. The zero-order valence-corrected chi connectivity index (χ0v) is 12.7. The minimum absolute atomic E-state index is 0.736. The molecule has 0 aliphatic carbocycles. The summed E-state index contributed by atoms with van der Waals surface area (Å²) in [6, 6.07) is 0.736. The fourth-order valence-corrected chi connectivity index (χ4v) is 2.50. The van der Waals surface area contributed by atoms with Gasteiger partial charge in [-0.15, -0.1) is 0 Å². The van der Waals surface area contributed by atoms with Crippen molar-refractivity contribution < 1.29 is 0 Å². The first-order chi connectivity index (χ1) is 8.26. The van der Waals surface area contributed by atoms with Crippen LogP contribution in [0.15, 0.2) is 0 Å². The van der Waals surface area contributed by atoms with Crippen LogP contribution in [-0.2, 0) is 0 Å². The zero-order valence-electron chi connectivity index (χ0n) is 12.7. The van der Waals surface area contributed by atoms with Gasteiger partial charge in [-0.05, 0) is 19.4 Å². The molecule has 0 aromatic heterocycles. The molecule has 1 heteroatoms. The van der Waals surface area contributed by atoms with Crippen molar-refractivity contribution in [2.24, 2.45) is 5.92 Å². The van der Waals surface area contributed by atoms with Gasteiger partial charge in [0.15, 0.2) is 0 Å². The lowest BCUT2D eigenvalue weighted by molar-refractivity contribution is 0.356. The molecule has 0 radical (unpaired) electrons. The molecule has 0 aromatic rings. The highest BCUT2D eigenvalue weighted by molar-refractivity contribution is 4.70. The van der Waals surface area contributed by atoms with E-state index >= 15 is 0 Å². The summed E-state index contributed by atoms with van der Waals surface area (Å²) in [5.74, 6) is 0.824. The molecule has 0 spiro atoms. The van der Waals surface area contributed by atoms with E-state index in [1.807, 2.05) is 0 Å². The van der Waals surface area contributed by atoms with Gasteiger partial charge in [0.05, 0.1) is 0 Å². The average Bonchev–Trinajstić information content (AvgIpc) is 2.36. The van der Waals surface area contributed by atoms with Gasteiger partial charge in [0.1, 0.15) is 0 Å². The summed E-state index contributed by atoms with van der Waals surface area (Å²) in [6.45, 7) is 6.95. The molecule has 0 saturated heterocycles. The van der Waals surface area contributed by atoms with Gasteiger partial charge in [-0.3, -0.25) is 0 Å². The molecule has 0 rings (SSSR count). The zero-order chi connectivity index (χ0) is 12.9. The maximum atomic E-state index is 3.47. The lowest BCUT2D eigenvalue weighted by Gasteiger charge is -2.22. The number of hydrogen-bond acceptors (Lipinski definition) is 1. The van der Waals surface area contributed by atoms with Crippen LogP contribution >= 0.6 is 0 Å². The molecule has 0 bridgehead atoms. The van der Waals surface area contributed by atoms with Crippen molar-refractivity contribution >= 4 is 0 Å². The van der Waals surface area contributed by atoms with Crippen molar-refractivity contribution in [2.75, 3.05) is 7.05 Å². The summed E-state index contributed by atoms with van der Waals surface area (Å²) in [6.07, 6.45) is 14.1. The lowest BCUT2D eigenvalue weighted by atomic mass is 9.94. The van der Waals surface area contributed by atoms with Crippen molar-refractivity contribution in [1.29, 1.82) is 0 Å². The Kier molecular flexibility index (Phi) is 12.4. The third kappa shape index (κ3) is 9.64. The molecule has 0 saturated carbocycles. The van der Waals surface area contributed by atoms with E-state index in [4.69, 9.17) is 0 Å². The van der Waals surface area contributed by atoms with Crippen LogP contribution in [0.5, 0.6) is 0 Å². The highest BCUT2D eigenvalue weighted by Gasteiger charge is 2.12. The number of unbranched alkanes of at least 4 members (excludes halogenated alkanes) is 7. The van der Waals surface area contributed by atoms with Gasteiger partial charge in [-0.2, -0.15) is 0 Å². The predicted molar refractivity (Wildman–Crippen MR) is 79.5 cm³/mol. The van der Waals surface area contributed by atoms with E-state index in [1.165, 1.54) is 64.2 Å². The third-order valence-corrected chi connectivity index (χ3v) is 4.07. The molecule has 1 N–H and O–H groups in total. The molecule has 17 heavy (non-hydrogen) atoms. The maximum absolute atomic E-state index is 3.47. The van der Waals surface area contributed by atoms with E-state index in [9.17, 15) is 0 Å². The molecule has 0 aliphatic rings. The van der Waals surface area contributed by atoms with Crippen molar-refractivity contribution in [1.82, 2.24) is 5.32 Å². The van der Waals surface area contributed by atoms with E-state index in [2.05, 4.69) is 33.1 Å². The summed E-state index contributed by atoms with van der Waals surface area (Å²) < 4.78 is 0. The second kappa shape index (κ2) is 12.4. The molecule has 0 heterocycles. The van der Waals surface area contributed by atoms with Crippen LogP contribution in [0.2, 0.25) is 0 Å². The number of rotatable bonds is 12. The minimum Gasteiger partial charge on any atom is -0.317 e. The van der Waals surface area contributed by atoms with E-state index in [0.29, 0.717) is 0 Å². The molecule has 0 amide bonds. The Morgan fingerprint density at radius 1 is 0.824 bits per heavy atom. The highest BCUT2D eigenvalue weighted by Crippen LogP contribution is 2.15. The standard InChI is InChI=1S/C16H35N/c1-5-7-8-9-10-11-12-13-14-16(17-4)15(3)6-2/h15-17H,5-14H2,1-4H3. The lowest BCUT2D eigenvalue weighted by Crippen LogP contribution is -2.31. The molecule has 0 aromatic carbocycles. The maximum Gasteiger partial charge on any atom is 0.00895 e. The normalized spacial score (nSPS) is 14.8. The second-order valence-corrected chi connectivity index (χ2v) is 5.54. The molecule has 0 fully saturated rings. The minimum atomic E-state index is 0.736. The average molecular weight is 241 g/mol. The Labute approximate surface area is 110 Å². The fraction of sp³-hybridized carbons (Fsp3) is 1.00. The highest BCUT2D eigenvalue weighted by atomic mass is 14.9. The summed E-state index contributed by atoms with van der Waals surface area (Å²) in [5.41, 5.74) is 0. The summed E-state index contributed by atoms with van der Waals surface area (Å²) in [5, 5.41) is 3.47. The first-order valence-electron chi connectivity index (χ1n) is 7.93. The topological polar surface area (TPSA) is 12.0 Å². The quantitative estimate of drug-likeness (QED) is 0.466. The summed E-state index contributed by atoms with van der Waals surface area (Å²) >= 11 is 0. The molecule has 2 atom stereocenters. The summed E-state index contributed by atoms with van der Waals surface area (Å²) in [7, 11) is 2.11. The van der Waals surface area contributed by atoms with Gasteiger partial charge in [-0.25, -0.2) is 0 Å². The smallest absolute Gasteiger partial charge is 0.00895 e. The SMILES string of the molecule is CCCCCCCCCCC(NC)C(C)CC. The Bertz CT molecular complexity index is 144. The second-order valence-electron chi connectivity index (χ2n) is 5.54. The first-order valence-corrected chi connectivity index (χ1v) is 7.93. The predicted octanol–water partition coefficient (Wildman–Crippen LogP) is 5.15. The van der Waals surface area contributed by atoms with Gasteiger partial charge in [-0.1, -0.05) is 78.6 Å². The fourth-order valence-electron chi connectivity index (χ4n) is 2.50. The largest absolute Gasteiger partial charge is 0.317 e. The van der Waals surface area contributed by atoms with Crippen molar-refractivity contribution in [2.45, 2.75) is 91.0 Å². The van der Waals surface area contributed by atoms with Crippen molar-refractivity contribution in [3.05, 3.63) is 0 Å². The molecule has 1 nitrogen and oxygen atoms in total. The van der Waals surface area contributed by atoms with E-state index in [1.54, 1.807) is 0 Å². The van der Waals surface area contributed by atoms with Crippen LogP contribution in [0, 0.1) is 5.92 Å². The van der Waals surface area contributed by atoms with Crippen molar-refractivity contribution in [3.63, 3.8) is 0 Å². The van der Waals surface area contributed by atoms with Gasteiger partial charge in [0.2, 0.25) is 0 Å². The van der Waals surface area contributed by atoms with Gasteiger partial charge < -0.3 is 5.32 Å². The summed E-state index contributed by atoms with van der Waals surface area (Å²) in [4.78, 5) is 0. The Morgan fingerprint density at radius 2 is 1.35 bits per heavy atom. The molecular weight excluding hydrogens is 206 g/mol. The van der Waals surface area contributed by atoms with Crippen molar-refractivity contribution in [3.8, 4) is 0 Å². The molecule has 0 aliphatic heterocycles. The molecule has 104 valence electrons. The monoisotopic (exact) mass is 241 g/mol. The van der Waals surface area contributed by atoms with Gasteiger partial charge in [0, 0.05) is 6.04 Å². The van der Waals surface area contributed by atoms with Crippen LogP contribution in [0.4, 0.5) is 0 Å². The van der Waals surface area contributed by atoms with E-state index in [0.717, 1.165) is 12.0 Å².